The van der Waals surface area contributed by atoms with Gasteiger partial charge in [0, 0.05) is 25.1 Å². The number of fused-ring (bicyclic) bond motifs is 1. The molecule has 1 amide bonds. The highest BCUT2D eigenvalue weighted by molar-refractivity contribution is 5.91. The average molecular weight is 422 g/mol. The first-order chi connectivity index (χ1) is 15.0. The summed E-state index contributed by atoms with van der Waals surface area (Å²) < 4.78 is 27.8. The van der Waals surface area contributed by atoms with Crippen LogP contribution in [-0.2, 0) is 17.8 Å². The fourth-order valence-electron chi connectivity index (χ4n) is 3.08. The molecular weight excluding hydrogens is 402 g/mol. The molecule has 0 bridgehead atoms. The highest BCUT2D eigenvalue weighted by Gasteiger charge is 2.11. The lowest BCUT2D eigenvalue weighted by molar-refractivity contribution is -0.116. The molecular formula is C22H20F2N6O. The maximum Gasteiger partial charge on any atom is 0.224 e. The zero-order valence-corrected chi connectivity index (χ0v) is 16.8. The molecule has 2 aromatic carbocycles. The predicted molar refractivity (Wildman–Crippen MR) is 113 cm³/mol. The summed E-state index contributed by atoms with van der Waals surface area (Å²) in [5.74, 6) is 0.309. The standard InChI is InChI=1S/C22H20F2N6O/c1-14-12-17(24)6-7-18(14)26-22(31)11-10-21-28-27-20-9-8-19(29-30(20)21)25-13-15-2-4-16(23)5-3-15/h2-9,12H,10-11,13H2,1H3,(H,25,29)(H,26,31). The van der Waals surface area contributed by atoms with Crippen LogP contribution in [0.4, 0.5) is 20.3 Å². The van der Waals surface area contributed by atoms with Crippen molar-refractivity contribution in [3.8, 4) is 0 Å². The van der Waals surface area contributed by atoms with Gasteiger partial charge in [0.2, 0.25) is 5.91 Å². The zero-order chi connectivity index (χ0) is 21.8. The zero-order valence-electron chi connectivity index (χ0n) is 16.8. The summed E-state index contributed by atoms with van der Waals surface area (Å²) in [6.45, 7) is 2.21. The van der Waals surface area contributed by atoms with Crippen LogP contribution < -0.4 is 10.6 Å². The van der Waals surface area contributed by atoms with Crippen LogP contribution in [0.3, 0.4) is 0 Å². The maximum absolute atomic E-state index is 13.2. The molecule has 0 atom stereocenters. The molecule has 2 heterocycles. The van der Waals surface area contributed by atoms with Gasteiger partial charge in [-0.25, -0.2) is 8.78 Å². The topological polar surface area (TPSA) is 84.2 Å². The molecule has 4 rings (SSSR count). The maximum atomic E-state index is 13.2. The van der Waals surface area contributed by atoms with Gasteiger partial charge in [0.05, 0.1) is 0 Å². The van der Waals surface area contributed by atoms with E-state index in [9.17, 15) is 13.6 Å². The number of halogens is 2. The monoisotopic (exact) mass is 422 g/mol. The molecule has 0 aliphatic heterocycles. The number of nitrogens with zero attached hydrogens (tertiary/aromatic N) is 4. The van der Waals surface area contributed by atoms with Crippen molar-refractivity contribution in [2.24, 2.45) is 0 Å². The molecule has 0 unspecified atom stereocenters. The number of anilines is 2. The Hall–Kier alpha value is -3.88. The number of amides is 1. The molecule has 0 saturated carbocycles. The Morgan fingerprint density at radius 1 is 1.00 bits per heavy atom. The van der Waals surface area contributed by atoms with Gasteiger partial charge in [-0.1, -0.05) is 12.1 Å². The van der Waals surface area contributed by atoms with E-state index in [1.807, 2.05) is 0 Å². The average Bonchev–Trinajstić information content (AvgIpc) is 3.16. The number of rotatable bonds is 7. The van der Waals surface area contributed by atoms with Crippen LogP contribution in [0.1, 0.15) is 23.4 Å². The fourth-order valence-corrected chi connectivity index (χ4v) is 3.08. The number of aromatic nitrogens is 4. The third-order valence-corrected chi connectivity index (χ3v) is 4.75. The molecule has 0 aliphatic carbocycles. The Labute approximate surface area is 177 Å². The van der Waals surface area contributed by atoms with E-state index >= 15 is 0 Å². The summed E-state index contributed by atoms with van der Waals surface area (Å²) in [5, 5.41) is 18.6. The Balaban J connectivity index is 1.40. The predicted octanol–water partition coefficient (Wildman–Crippen LogP) is 3.89. The molecule has 2 N–H and O–H groups in total. The molecule has 158 valence electrons. The minimum absolute atomic E-state index is 0.173. The number of benzene rings is 2. The fraction of sp³-hybridized carbons (Fsp3) is 0.182. The van der Waals surface area contributed by atoms with Gasteiger partial charge in [-0.3, -0.25) is 4.79 Å². The van der Waals surface area contributed by atoms with E-state index in [4.69, 9.17) is 0 Å². The summed E-state index contributed by atoms with van der Waals surface area (Å²) in [5.41, 5.74) is 2.71. The van der Waals surface area contributed by atoms with Crippen molar-refractivity contribution in [1.29, 1.82) is 0 Å². The summed E-state index contributed by atoms with van der Waals surface area (Å²) >= 11 is 0. The van der Waals surface area contributed by atoms with Crippen LogP contribution in [0.15, 0.2) is 54.6 Å². The van der Waals surface area contributed by atoms with Gasteiger partial charge < -0.3 is 10.6 Å². The van der Waals surface area contributed by atoms with E-state index < -0.39 is 0 Å². The Bertz CT molecular complexity index is 1220. The lowest BCUT2D eigenvalue weighted by Gasteiger charge is -2.08. The number of aryl methyl sites for hydroxylation is 2. The van der Waals surface area contributed by atoms with Gasteiger partial charge in [0.25, 0.3) is 0 Å². The molecule has 7 nitrogen and oxygen atoms in total. The van der Waals surface area contributed by atoms with Crippen LogP contribution >= 0.6 is 0 Å². The van der Waals surface area contributed by atoms with Crippen LogP contribution in [0.25, 0.3) is 5.65 Å². The van der Waals surface area contributed by atoms with E-state index in [2.05, 4.69) is 25.9 Å². The molecule has 0 spiro atoms. The van der Waals surface area contributed by atoms with Crippen molar-refractivity contribution in [2.45, 2.75) is 26.3 Å². The van der Waals surface area contributed by atoms with Gasteiger partial charge in [-0.2, -0.15) is 4.52 Å². The minimum atomic E-state index is -0.347. The second-order valence-corrected chi connectivity index (χ2v) is 7.09. The lowest BCUT2D eigenvalue weighted by Crippen LogP contribution is -2.14. The highest BCUT2D eigenvalue weighted by atomic mass is 19.1. The van der Waals surface area contributed by atoms with Crippen LogP contribution in [0, 0.1) is 18.6 Å². The number of carbonyl (C=O) groups excluding carboxylic acids is 1. The summed E-state index contributed by atoms with van der Waals surface area (Å²) in [4.78, 5) is 12.3. The smallest absolute Gasteiger partial charge is 0.224 e. The van der Waals surface area contributed by atoms with E-state index in [-0.39, 0.29) is 24.0 Å². The van der Waals surface area contributed by atoms with Gasteiger partial charge in [-0.05, 0) is 60.5 Å². The Kier molecular flexibility index (Phi) is 5.83. The molecule has 2 aromatic heterocycles. The largest absolute Gasteiger partial charge is 0.365 e. The number of hydrogen-bond acceptors (Lipinski definition) is 5. The second kappa shape index (κ2) is 8.86. The number of carbonyl (C=O) groups is 1. The quantitative estimate of drug-likeness (QED) is 0.472. The molecule has 0 saturated heterocycles. The third-order valence-electron chi connectivity index (χ3n) is 4.75. The Morgan fingerprint density at radius 3 is 2.55 bits per heavy atom. The second-order valence-electron chi connectivity index (χ2n) is 7.09. The third kappa shape index (κ3) is 5.00. The summed E-state index contributed by atoms with van der Waals surface area (Å²) in [7, 11) is 0. The first-order valence-electron chi connectivity index (χ1n) is 9.73. The minimum Gasteiger partial charge on any atom is -0.365 e. The van der Waals surface area contributed by atoms with Crippen molar-refractivity contribution >= 4 is 23.1 Å². The summed E-state index contributed by atoms with van der Waals surface area (Å²) in [6.07, 6.45) is 0.508. The van der Waals surface area contributed by atoms with Crippen LogP contribution in [0.5, 0.6) is 0 Å². The normalized spacial score (nSPS) is 10.9. The number of nitrogens with one attached hydrogen (secondary N) is 2. The molecule has 31 heavy (non-hydrogen) atoms. The van der Waals surface area contributed by atoms with Crippen LogP contribution in [0.2, 0.25) is 0 Å². The van der Waals surface area contributed by atoms with Gasteiger partial charge in [0.15, 0.2) is 11.5 Å². The summed E-state index contributed by atoms with van der Waals surface area (Å²) in [6, 6.07) is 14.0. The van der Waals surface area contributed by atoms with Crippen LogP contribution in [-0.4, -0.2) is 25.7 Å². The van der Waals surface area contributed by atoms with Gasteiger partial charge in [0.1, 0.15) is 17.5 Å². The molecule has 4 aromatic rings. The SMILES string of the molecule is Cc1cc(F)ccc1NC(=O)CCc1nnc2ccc(NCc3ccc(F)cc3)nn12. The molecule has 0 fully saturated rings. The lowest BCUT2D eigenvalue weighted by atomic mass is 10.2. The van der Waals surface area contributed by atoms with E-state index in [1.165, 1.54) is 30.3 Å². The van der Waals surface area contributed by atoms with Crippen molar-refractivity contribution in [1.82, 2.24) is 19.8 Å². The first kappa shape index (κ1) is 20.4. The molecule has 9 heteroatoms. The van der Waals surface area contributed by atoms with E-state index in [0.29, 0.717) is 41.5 Å². The van der Waals surface area contributed by atoms with E-state index in [0.717, 1.165) is 5.56 Å². The van der Waals surface area contributed by atoms with Gasteiger partial charge in [-0.15, -0.1) is 15.3 Å². The van der Waals surface area contributed by atoms with Crippen molar-refractivity contribution in [3.63, 3.8) is 0 Å². The number of hydrogen-bond donors (Lipinski definition) is 2. The van der Waals surface area contributed by atoms with E-state index in [1.54, 1.807) is 35.7 Å². The first-order valence-corrected chi connectivity index (χ1v) is 9.73. The van der Waals surface area contributed by atoms with Crippen molar-refractivity contribution in [2.75, 3.05) is 10.6 Å². The molecule has 0 radical (unpaired) electrons. The molecule has 0 aliphatic rings. The van der Waals surface area contributed by atoms with Crippen molar-refractivity contribution in [3.05, 3.63) is 83.2 Å². The highest BCUT2D eigenvalue weighted by Crippen LogP contribution is 2.16. The Morgan fingerprint density at radius 2 is 1.77 bits per heavy atom. The van der Waals surface area contributed by atoms with Gasteiger partial charge >= 0.3 is 0 Å². The van der Waals surface area contributed by atoms with Crippen molar-refractivity contribution < 1.29 is 13.6 Å².